The molecule has 0 aromatic heterocycles. The Morgan fingerprint density at radius 3 is 0.556 bits per heavy atom. The molecule has 1 saturated heterocycles. The van der Waals surface area contributed by atoms with E-state index in [0.29, 0.717) is 71.9 Å². The first-order valence-electron chi connectivity index (χ1n) is 26.3. The third-order valence-electron chi connectivity index (χ3n) is 16.0. The van der Waals surface area contributed by atoms with E-state index in [-0.39, 0.29) is 0 Å². The second kappa shape index (κ2) is 22.1. The third kappa shape index (κ3) is 8.65. The summed E-state index contributed by atoms with van der Waals surface area (Å²) in [7, 11) is 0. The molecule has 3 saturated carbocycles. The van der Waals surface area contributed by atoms with Gasteiger partial charge >= 0.3 is 436 Å². The number of carbonyl (C=O) groups is 6. The molecule has 72 heavy (non-hydrogen) atoms. The minimum absolute atomic E-state index is 0.292. The van der Waals surface area contributed by atoms with E-state index in [1.165, 1.54) is 0 Å². The van der Waals surface area contributed by atoms with Crippen molar-refractivity contribution in [3.05, 3.63) is 215 Å². The fraction of sp³-hybridized carbons (Fsp3) is 0.300. The molecule has 0 unspecified atom stereocenters. The van der Waals surface area contributed by atoms with E-state index in [0.717, 1.165) is 57.8 Å². The van der Waals surface area contributed by atoms with Gasteiger partial charge in [0, 0.05) is 0 Å². The fourth-order valence-electron chi connectivity index (χ4n) is 13.0. The Bertz CT molecular complexity index is 2400. The zero-order valence-corrected chi connectivity index (χ0v) is 47.2. The number of rotatable bonds is 15. The normalized spacial score (nSPS) is 20.0. The molecular weight excluding hydrogens is 1080 g/mol. The average molecular weight is 1140 g/mol. The van der Waals surface area contributed by atoms with Crippen LogP contribution in [-0.4, -0.2) is 95.4 Å². The van der Waals surface area contributed by atoms with Crippen molar-refractivity contribution in [2.24, 2.45) is 0 Å². The third-order valence-corrected chi connectivity index (χ3v) is 62.2. The number of hydrogen-bond acceptors (Lipinski definition) is 9. The number of carbonyl (C=O) groups excluding carboxylic acids is 6. The first-order valence-corrected chi connectivity index (χ1v) is 38.2. The maximum absolute atomic E-state index is 17.7. The number of benzene rings is 6. The maximum atomic E-state index is 17.7. The summed E-state index contributed by atoms with van der Waals surface area (Å²) in [6, 6.07) is 52.2. The van der Waals surface area contributed by atoms with Crippen LogP contribution in [0.1, 0.15) is 158 Å². The molecular formula is C60H63Ge3N3O6. The Kier molecular flexibility index (Phi) is 15.5. The van der Waals surface area contributed by atoms with Gasteiger partial charge in [-0.25, -0.2) is 0 Å². The summed E-state index contributed by atoms with van der Waals surface area (Å²) in [5.74, 6) is 0. The number of nitrogens with zero attached hydrogens (tertiary/aromatic N) is 3. The summed E-state index contributed by atoms with van der Waals surface area (Å²) in [4.78, 5) is 106. The Morgan fingerprint density at radius 2 is 0.403 bits per heavy atom. The summed E-state index contributed by atoms with van der Waals surface area (Å²) in [5, 5.41) is 0. The standard InChI is InChI=1S/C60H63Ge3N3O6/c67-55(46-28-10-1-11-29-46)61(56(68)47-30-12-2-13-31-47)64(52-40-22-7-23-41-52)62(57(69)48-32-14-3-15-33-48,58(70)49-34-16-4-17-35-49)66(54-44-26-9-27-45-54)63(59(71)50-36-18-5-19-37-50,60(72)51-38-20-6-21-39-51)65(61)53-42-24-8-25-43-53/h1-6,10-21,28-39,52-54H,7-9,22-27,40-45H2. The summed E-state index contributed by atoms with van der Waals surface area (Å²) < 4.78 is 4.06. The molecule has 4 aliphatic rings. The van der Waals surface area contributed by atoms with E-state index in [9.17, 15) is 0 Å². The van der Waals surface area contributed by atoms with Gasteiger partial charge in [0.25, 0.3) is 0 Å². The van der Waals surface area contributed by atoms with E-state index >= 15 is 28.8 Å². The van der Waals surface area contributed by atoms with Gasteiger partial charge in [-0.15, -0.1) is 0 Å². The number of hydrogen-bond donors (Lipinski definition) is 0. The topological polar surface area (TPSA) is 112 Å². The van der Waals surface area contributed by atoms with Gasteiger partial charge in [-0.3, -0.25) is 0 Å². The molecule has 3 aliphatic carbocycles. The van der Waals surface area contributed by atoms with Crippen LogP contribution in [0.4, 0.5) is 0 Å². The van der Waals surface area contributed by atoms with Gasteiger partial charge in [-0.2, -0.15) is 0 Å². The molecule has 6 aromatic carbocycles. The molecule has 6 aromatic rings. The van der Waals surface area contributed by atoms with Gasteiger partial charge in [-0.05, 0) is 0 Å². The Labute approximate surface area is 432 Å². The van der Waals surface area contributed by atoms with Crippen molar-refractivity contribution in [3.63, 3.8) is 0 Å². The van der Waals surface area contributed by atoms with Crippen LogP contribution in [0.15, 0.2) is 182 Å². The van der Waals surface area contributed by atoms with Crippen molar-refractivity contribution in [1.82, 2.24) is 8.44 Å². The molecule has 0 N–H and O–H groups in total. The van der Waals surface area contributed by atoms with Gasteiger partial charge in [-0.1, -0.05) is 0 Å². The molecule has 12 heteroatoms. The van der Waals surface area contributed by atoms with E-state index in [2.05, 4.69) is 8.44 Å². The molecule has 10 rings (SSSR count). The van der Waals surface area contributed by atoms with Crippen LogP contribution in [0.25, 0.3) is 0 Å². The van der Waals surface area contributed by atoms with Crippen LogP contribution in [0.5, 0.6) is 0 Å². The van der Waals surface area contributed by atoms with Gasteiger partial charge in [0.1, 0.15) is 0 Å². The predicted octanol–water partition coefficient (Wildman–Crippen LogP) is 11.8. The van der Waals surface area contributed by atoms with Crippen LogP contribution in [0.2, 0.25) is 0 Å². The molecule has 1 heterocycles. The van der Waals surface area contributed by atoms with E-state index in [1.807, 2.05) is 36.4 Å². The summed E-state index contributed by atoms with van der Waals surface area (Å²) in [5.41, 5.74) is 1.75. The Balaban J connectivity index is 1.53. The molecule has 0 radical (unpaired) electrons. The first-order chi connectivity index (χ1) is 35.3. The van der Waals surface area contributed by atoms with Crippen molar-refractivity contribution < 1.29 is 28.8 Å². The van der Waals surface area contributed by atoms with Gasteiger partial charge in [0.2, 0.25) is 0 Å². The van der Waals surface area contributed by atoms with Crippen molar-refractivity contribution >= 4 is 68.8 Å². The first kappa shape index (κ1) is 50.4. The Morgan fingerprint density at radius 1 is 0.250 bits per heavy atom. The van der Waals surface area contributed by atoms with E-state index < -0.39 is 87.0 Å². The molecule has 366 valence electrons. The molecule has 4 fully saturated rings. The summed E-state index contributed by atoms with van der Waals surface area (Å²) >= 11 is -18.9. The van der Waals surface area contributed by atoms with Crippen molar-refractivity contribution in [2.75, 3.05) is 0 Å². The van der Waals surface area contributed by atoms with Crippen molar-refractivity contribution in [3.8, 4) is 0 Å². The van der Waals surface area contributed by atoms with Crippen LogP contribution >= 0.6 is 0 Å². The molecule has 1 aliphatic heterocycles. The molecule has 0 atom stereocenters. The average Bonchev–Trinajstić information content (AvgIpc) is 3.47. The van der Waals surface area contributed by atoms with E-state index in [1.54, 1.807) is 146 Å². The zero-order chi connectivity index (χ0) is 49.7. The second-order valence-electron chi connectivity index (χ2n) is 20.2. The predicted molar refractivity (Wildman–Crippen MR) is 288 cm³/mol. The van der Waals surface area contributed by atoms with Crippen LogP contribution in [0, 0.1) is 0 Å². The summed E-state index contributed by atoms with van der Waals surface area (Å²) in [6.45, 7) is 0. The van der Waals surface area contributed by atoms with Crippen LogP contribution < -0.4 is 0 Å². The van der Waals surface area contributed by atoms with Gasteiger partial charge < -0.3 is 0 Å². The molecule has 0 bridgehead atoms. The summed E-state index contributed by atoms with van der Waals surface area (Å²) in [6.07, 6.45) is 10.6. The van der Waals surface area contributed by atoms with E-state index in [4.69, 9.17) is 0 Å². The Hall–Kier alpha value is -5.15. The molecule has 0 spiro atoms. The van der Waals surface area contributed by atoms with Gasteiger partial charge in [0.05, 0.1) is 0 Å². The molecule has 9 nitrogen and oxygen atoms in total. The molecule has 0 amide bonds. The zero-order valence-electron chi connectivity index (χ0n) is 41.0. The van der Waals surface area contributed by atoms with Crippen LogP contribution in [0.3, 0.4) is 0 Å². The quantitative estimate of drug-likeness (QED) is 0.0928. The van der Waals surface area contributed by atoms with Crippen molar-refractivity contribution in [2.45, 2.75) is 114 Å². The van der Waals surface area contributed by atoms with Crippen LogP contribution in [-0.2, 0) is 0 Å². The minimum atomic E-state index is -6.32. The van der Waals surface area contributed by atoms with Gasteiger partial charge in [0.15, 0.2) is 0 Å². The second-order valence-corrected chi connectivity index (χ2v) is 46.3. The monoisotopic (exact) mass is 1140 g/mol. The fourth-order valence-corrected chi connectivity index (χ4v) is 83.8. The SMILES string of the molecule is O=[C](c1ccccc1)[Ge]1([C](=O)c2ccccc2)[N](C2CCCCC2)[Ge]([C](=O)c2ccccc2)([C](=O)c2ccccc2)[N](C2CCCCC2)[Ge]([C](=O)c2ccccc2)([C](=O)c2ccccc2)[N]1C1CCCCC1. The van der Waals surface area contributed by atoms with Crippen molar-refractivity contribution in [1.29, 1.82) is 0 Å².